The Hall–Kier alpha value is -0.640. The van der Waals surface area contributed by atoms with Crippen LogP contribution in [-0.2, 0) is 0 Å². The van der Waals surface area contributed by atoms with Crippen molar-refractivity contribution in [2.75, 3.05) is 26.2 Å². The molecule has 0 unspecified atom stereocenters. The van der Waals surface area contributed by atoms with Gasteiger partial charge in [-0.2, -0.15) is 0 Å². The zero-order valence-corrected chi connectivity index (χ0v) is 12.0. The van der Waals surface area contributed by atoms with Gasteiger partial charge >= 0.3 is 0 Å². The van der Waals surface area contributed by atoms with E-state index in [0.29, 0.717) is 12.0 Å². The number of aromatic nitrogens is 1. The van der Waals surface area contributed by atoms with Crippen molar-refractivity contribution in [1.29, 1.82) is 0 Å². The van der Waals surface area contributed by atoms with Crippen molar-refractivity contribution in [3.8, 4) is 0 Å². The van der Waals surface area contributed by atoms with Gasteiger partial charge in [0.15, 0.2) is 0 Å². The van der Waals surface area contributed by atoms with Crippen molar-refractivity contribution in [3.63, 3.8) is 0 Å². The van der Waals surface area contributed by atoms with Crippen LogP contribution in [-0.4, -0.2) is 36.1 Å². The van der Waals surface area contributed by atoms with Crippen LogP contribution in [0.25, 0.3) is 0 Å². The van der Waals surface area contributed by atoms with Crippen molar-refractivity contribution >= 4 is 11.6 Å². The Morgan fingerprint density at radius 3 is 2.72 bits per heavy atom. The molecule has 0 radical (unpaired) electrons. The Labute approximate surface area is 115 Å². The Bertz CT molecular complexity index is 375. The summed E-state index contributed by atoms with van der Waals surface area (Å²) in [4.78, 5) is 6.63. The van der Waals surface area contributed by atoms with Crippen LogP contribution in [0.2, 0.25) is 5.02 Å². The second-order valence-electron chi connectivity index (χ2n) is 5.33. The molecule has 0 bridgehead atoms. The first-order chi connectivity index (χ1) is 8.68. The first kappa shape index (κ1) is 13.8. The van der Waals surface area contributed by atoms with Crippen LogP contribution in [0.15, 0.2) is 18.5 Å². The Morgan fingerprint density at radius 2 is 2.11 bits per heavy atom. The van der Waals surface area contributed by atoms with Gasteiger partial charge in [0.05, 0.1) is 5.02 Å². The third-order valence-electron chi connectivity index (χ3n) is 3.45. The fourth-order valence-electron chi connectivity index (χ4n) is 2.57. The second-order valence-corrected chi connectivity index (χ2v) is 5.74. The molecule has 1 aromatic rings. The van der Waals surface area contributed by atoms with E-state index in [1.54, 1.807) is 6.20 Å². The largest absolute Gasteiger partial charge is 0.314 e. The molecule has 0 aliphatic carbocycles. The van der Waals surface area contributed by atoms with Crippen LogP contribution in [0.3, 0.4) is 0 Å². The van der Waals surface area contributed by atoms with Gasteiger partial charge < -0.3 is 5.32 Å². The smallest absolute Gasteiger partial charge is 0.0637 e. The third-order valence-corrected chi connectivity index (χ3v) is 3.77. The maximum atomic E-state index is 6.32. The van der Waals surface area contributed by atoms with Gasteiger partial charge in [-0.05, 0) is 24.0 Å². The highest BCUT2D eigenvalue weighted by Gasteiger charge is 2.24. The van der Waals surface area contributed by atoms with Crippen molar-refractivity contribution in [2.45, 2.75) is 26.3 Å². The summed E-state index contributed by atoms with van der Waals surface area (Å²) >= 11 is 6.32. The average molecular weight is 268 g/mol. The van der Waals surface area contributed by atoms with Crippen molar-refractivity contribution in [1.82, 2.24) is 15.2 Å². The quantitative estimate of drug-likeness (QED) is 0.909. The number of rotatable bonds is 4. The molecule has 1 aliphatic heterocycles. The van der Waals surface area contributed by atoms with Gasteiger partial charge in [-0.3, -0.25) is 9.88 Å². The summed E-state index contributed by atoms with van der Waals surface area (Å²) in [6, 6.07) is 2.49. The lowest BCUT2D eigenvalue weighted by atomic mass is 9.95. The van der Waals surface area contributed by atoms with E-state index in [-0.39, 0.29) is 0 Å². The minimum absolute atomic E-state index is 0.419. The summed E-state index contributed by atoms with van der Waals surface area (Å²) in [7, 11) is 0. The van der Waals surface area contributed by atoms with Gasteiger partial charge in [0, 0.05) is 44.6 Å². The first-order valence-corrected chi connectivity index (χ1v) is 7.10. The van der Waals surface area contributed by atoms with E-state index in [9.17, 15) is 0 Å². The number of nitrogens with zero attached hydrogens (tertiary/aromatic N) is 2. The summed E-state index contributed by atoms with van der Waals surface area (Å²) in [6.45, 7) is 8.86. The Balaban J connectivity index is 2.21. The van der Waals surface area contributed by atoms with Gasteiger partial charge in [-0.25, -0.2) is 0 Å². The highest BCUT2D eigenvalue weighted by Crippen LogP contribution is 2.32. The lowest BCUT2D eigenvalue weighted by Gasteiger charge is -2.36. The number of nitrogens with one attached hydrogen (secondary N) is 1. The fraction of sp³-hybridized carbons (Fsp3) is 0.643. The molecule has 0 aromatic carbocycles. The van der Waals surface area contributed by atoms with Crippen molar-refractivity contribution in [2.24, 2.45) is 5.92 Å². The number of piperazine rings is 1. The molecule has 100 valence electrons. The lowest BCUT2D eigenvalue weighted by molar-refractivity contribution is 0.154. The number of hydrogen-bond donors (Lipinski definition) is 1. The predicted octanol–water partition coefficient (Wildman–Crippen LogP) is 2.73. The van der Waals surface area contributed by atoms with E-state index < -0.39 is 0 Å². The summed E-state index contributed by atoms with van der Waals surface area (Å²) in [6.07, 6.45) is 4.74. The molecule has 0 saturated carbocycles. The predicted molar refractivity (Wildman–Crippen MR) is 75.9 cm³/mol. The molecule has 1 atom stereocenters. The summed E-state index contributed by atoms with van der Waals surface area (Å²) < 4.78 is 0. The highest BCUT2D eigenvalue weighted by atomic mass is 35.5. The minimum Gasteiger partial charge on any atom is -0.314 e. The van der Waals surface area contributed by atoms with E-state index in [2.05, 4.69) is 35.1 Å². The zero-order valence-electron chi connectivity index (χ0n) is 11.2. The molecule has 2 heterocycles. The molecule has 1 N–H and O–H groups in total. The second kappa shape index (κ2) is 6.50. The van der Waals surface area contributed by atoms with Crippen LogP contribution >= 0.6 is 11.6 Å². The third kappa shape index (κ3) is 3.44. The van der Waals surface area contributed by atoms with Gasteiger partial charge in [-0.15, -0.1) is 0 Å². The maximum absolute atomic E-state index is 6.32. The molecule has 4 heteroatoms. The van der Waals surface area contributed by atoms with E-state index in [4.69, 9.17) is 11.6 Å². The molecule has 1 aliphatic rings. The molecule has 1 aromatic heterocycles. The summed E-state index contributed by atoms with van der Waals surface area (Å²) in [5.74, 6) is 0.661. The molecule has 18 heavy (non-hydrogen) atoms. The molecule has 3 nitrogen and oxygen atoms in total. The first-order valence-electron chi connectivity index (χ1n) is 6.72. The van der Waals surface area contributed by atoms with Crippen LogP contribution in [0.5, 0.6) is 0 Å². The van der Waals surface area contributed by atoms with Crippen LogP contribution in [0.4, 0.5) is 0 Å². The molecular weight excluding hydrogens is 246 g/mol. The van der Waals surface area contributed by atoms with Crippen LogP contribution in [0.1, 0.15) is 31.9 Å². The standard InChI is InChI=1S/C14H22ClN3/c1-11(2)9-14(18-7-5-16-6-8-18)12-3-4-17-10-13(12)15/h3-4,10-11,14,16H,5-9H2,1-2H3/t14-/m0/s1. The van der Waals surface area contributed by atoms with Gasteiger partial charge in [-0.1, -0.05) is 25.4 Å². The van der Waals surface area contributed by atoms with E-state index in [0.717, 1.165) is 37.6 Å². The normalized spacial score (nSPS) is 19.1. The summed E-state index contributed by atoms with van der Waals surface area (Å²) in [5.41, 5.74) is 1.22. The molecule has 0 spiro atoms. The monoisotopic (exact) mass is 267 g/mol. The van der Waals surface area contributed by atoms with Crippen molar-refractivity contribution in [3.05, 3.63) is 29.0 Å². The highest BCUT2D eigenvalue weighted by molar-refractivity contribution is 6.31. The number of pyridine rings is 1. The molecule has 1 saturated heterocycles. The molecule has 1 fully saturated rings. The van der Waals surface area contributed by atoms with E-state index in [1.807, 2.05) is 6.20 Å². The Morgan fingerprint density at radius 1 is 1.39 bits per heavy atom. The van der Waals surface area contributed by atoms with E-state index in [1.165, 1.54) is 5.56 Å². The van der Waals surface area contributed by atoms with Crippen LogP contribution < -0.4 is 5.32 Å². The number of hydrogen-bond acceptors (Lipinski definition) is 3. The number of halogens is 1. The zero-order chi connectivity index (χ0) is 13.0. The topological polar surface area (TPSA) is 28.2 Å². The minimum atomic E-state index is 0.419. The van der Waals surface area contributed by atoms with E-state index >= 15 is 0 Å². The summed E-state index contributed by atoms with van der Waals surface area (Å²) in [5, 5.41) is 4.20. The van der Waals surface area contributed by atoms with Gasteiger partial charge in [0.1, 0.15) is 0 Å². The maximum Gasteiger partial charge on any atom is 0.0637 e. The SMILES string of the molecule is CC(C)C[C@@H](c1ccncc1Cl)N1CCNCC1. The van der Waals surface area contributed by atoms with Crippen molar-refractivity contribution < 1.29 is 0 Å². The van der Waals surface area contributed by atoms with Gasteiger partial charge in [0.25, 0.3) is 0 Å². The molecular formula is C14H22ClN3. The van der Waals surface area contributed by atoms with Crippen LogP contribution in [0, 0.1) is 5.92 Å². The average Bonchev–Trinajstić information content (AvgIpc) is 2.38. The Kier molecular flexibility index (Phi) is 4.98. The molecule has 2 rings (SSSR count). The van der Waals surface area contributed by atoms with Gasteiger partial charge in [0.2, 0.25) is 0 Å². The lowest BCUT2D eigenvalue weighted by Crippen LogP contribution is -2.45. The molecule has 0 amide bonds. The fourth-order valence-corrected chi connectivity index (χ4v) is 2.81.